The molecule has 1 heterocycles. The second kappa shape index (κ2) is 9.23. The van der Waals surface area contributed by atoms with E-state index in [2.05, 4.69) is 10.3 Å². The summed E-state index contributed by atoms with van der Waals surface area (Å²) in [4.78, 5) is 16.1. The minimum Gasteiger partial charge on any atom is -0.504 e. The van der Waals surface area contributed by atoms with Gasteiger partial charge in [-0.1, -0.05) is 12.1 Å². The molecule has 2 aromatic carbocycles. The molecule has 3 aromatic rings. The average Bonchev–Trinajstić information content (AvgIpc) is 2.72. The van der Waals surface area contributed by atoms with E-state index in [0.29, 0.717) is 29.4 Å². The van der Waals surface area contributed by atoms with Gasteiger partial charge in [-0.25, -0.2) is 0 Å². The number of hydrogen-bond acceptors (Lipinski definition) is 5. The van der Waals surface area contributed by atoms with Crippen LogP contribution in [0.1, 0.15) is 11.1 Å². The largest absolute Gasteiger partial charge is 0.504 e. The van der Waals surface area contributed by atoms with Crippen molar-refractivity contribution in [2.45, 2.75) is 6.61 Å². The maximum absolute atomic E-state index is 12.2. The first kappa shape index (κ1) is 19.0. The number of nitrogens with zero attached hydrogens (tertiary/aromatic N) is 1. The molecule has 0 radical (unpaired) electrons. The summed E-state index contributed by atoms with van der Waals surface area (Å²) < 4.78 is 10.7. The monoisotopic (exact) mass is 376 g/mol. The Morgan fingerprint density at radius 3 is 2.71 bits per heavy atom. The normalized spacial score (nSPS) is 10.6. The van der Waals surface area contributed by atoms with Crippen LogP contribution < -0.4 is 14.8 Å². The molecule has 0 fully saturated rings. The number of phenols is 1. The number of methoxy groups -OCH3 is 1. The number of phenolic OH excluding ortho intramolecular Hbond substituents is 1. The molecule has 0 unspecified atom stereocenters. The fourth-order valence-corrected chi connectivity index (χ4v) is 2.48. The maximum Gasteiger partial charge on any atom is 0.248 e. The van der Waals surface area contributed by atoms with Crippen molar-refractivity contribution in [3.63, 3.8) is 0 Å². The van der Waals surface area contributed by atoms with Gasteiger partial charge >= 0.3 is 0 Å². The smallest absolute Gasteiger partial charge is 0.248 e. The van der Waals surface area contributed by atoms with Crippen LogP contribution in [0.25, 0.3) is 6.08 Å². The Balaban J connectivity index is 1.58. The molecular weight excluding hydrogens is 356 g/mol. The Labute approximate surface area is 163 Å². The van der Waals surface area contributed by atoms with Crippen molar-refractivity contribution in [3.05, 3.63) is 84.2 Å². The number of rotatable bonds is 7. The van der Waals surface area contributed by atoms with Gasteiger partial charge in [0, 0.05) is 30.2 Å². The Morgan fingerprint density at radius 2 is 1.96 bits per heavy atom. The summed E-state index contributed by atoms with van der Waals surface area (Å²) in [6, 6.07) is 15.8. The number of pyridine rings is 1. The molecule has 0 spiro atoms. The number of carbonyl (C=O) groups excluding carboxylic acids is 1. The van der Waals surface area contributed by atoms with E-state index in [1.807, 2.05) is 24.3 Å². The molecule has 0 saturated carbocycles. The summed E-state index contributed by atoms with van der Waals surface area (Å²) in [6.07, 6.45) is 6.43. The van der Waals surface area contributed by atoms with Gasteiger partial charge in [0.25, 0.3) is 0 Å². The van der Waals surface area contributed by atoms with Gasteiger partial charge in [0.05, 0.1) is 7.11 Å². The second-order valence-corrected chi connectivity index (χ2v) is 5.93. The topological polar surface area (TPSA) is 80.7 Å². The number of aromatic hydroxyl groups is 1. The minimum atomic E-state index is -0.290. The van der Waals surface area contributed by atoms with Crippen LogP contribution in [0, 0.1) is 0 Å². The first-order valence-corrected chi connectivity index (χ1v) is 8.62. The number of hydrogen-bond donors (Lipinski definition) is 2. The SMILES string of the molecule is COc1ccc(/C=C/C(=O)Nc2cccc(OCc3ccncc3)c2)cc1O. The molecule has 6 heteroatoms. The molecular formula is C22H20N2O4. The van der Waals surface area contributed by atoms with Gasteiger partial charge in [-0.3, -0.25) is 9.78 Å². The van der Waals surface area contributed by atoms with Crippen molar-refractivity contribution in [1.82, 2.24) is 4.98 Å². The summed E-state index contributed by atoms with van der Waals surface area (Å²) in [6.45, 7) is 0.417. The fraction of sp³-hybridized carbons (Fsp3) is 0.0909. The molecule has 1 amide bonds. The predicted octanol–water partition coefficient (Wildman–Crippen LogP) is 4.03. The van der Waals surface area contributed by atoms with Crippen molar-refractivity contribution >= 4 is 17.7 Å². The molecule has 1 aromatic heterocycles. The van der Waals surface area contributed by atoms with Gasteiger partial charge in [0.1, 0.15) is 12.4 Å². The number of carbonyl (C=O) groups is 1. The maximum atomic E-state index is 12.2. The molecule has 0 aliphatic carbocycles. The summed E-state index contributed by atoms with van der Waals surface area (Å²) in [5.41, 5.74) is 2.32. The first-order valence-electron chi connectivity index (χ1n) is 8.62. The van der Waals surface area contributed by atoms with E-state index in [-0.39, 0.29) is 11.7 Å². The number of aromatic nitrogens is 1. The third-order valence-electron chi connectivity index (χ3n) is 3.89. The lowest BCUT2D eigenvalue weighted by Gasteiger charge is -2.08. The Hall–Kier alpha value is -3.80. The highest BCUT2D eigenvalue weighted by Gasteiger charge is 2.03. The fourth-order valence-electron chi connectivity index (χ4n) is 2.48. The third kappa shape index (κ3) is 5.35. The van der Waals surface area contributed by atoms with Crippen LogP contribution in [0.2, 0.25) is 0 Å². The van der Waals surface area contributed by atoms with Crippen molar-refractivity contribution in [2.24, 2.45) is 0 Å². The standard InChI is InChI=1S/C22H20N2O4/c1-27-21-7-5-16(13-20(21)25)6-8-22(26)24-18-3-2-4-19(14-18)28-15-17-9-11-23-12-10-17/h2-14,25H,15H2,1H3,(H,24,26)/b8-6+. The molecule has 0 saturated heterocycles. The number of amides is 1. The quantitative estimate of drug-likeness (QED) is 0.609. The van der Waals surface area contributed by atoms with E-state index < -0.39 is 0 Å². The van der Waals surface area contributed by atoms with Gasteiger partial charge in [0.15, 0.2) is 11.5 Å². The van der Waals surface area contributed by atoms with Crippen LogP contribution in [-0.4, -0.2) is 23.1 Å². The molecule has 0 aliphatic heterocycles. The van der Waals surface area contributed by atoms with Crippen molar-refractivity contribution in [2.75, 3.05) is 12.4 Å². The van der Waals surface area contributed by atoms with E-state index in [4.69, 9.17) is 9.47 Å². The Morgan fingerprint density at radius 1 is 1.14 bits per heavy atom. The van der Waals surface area contributed by atoms with Gasteiger partial charge in [-0.15, -0.1) is 0 Å². The second-order valence-electron chi connectivity index (χ2n) is 5.93. The number of anilines is 1. The summed E-state index contributed by atoms with van der Waals surface area (Å²) in [5.74, 6) is 0.759. The molecule has 142 valence electrons. The van der Waals surface area contributed by atoms with Crippen LogP contribution in [0.15, 0.2) is 73.1 Å². The Bertz CT molecular complexity index is 971. The first-order chi connectivity index (χ1) is 13.6. The van der Waals surface area contributed by atoms with E-state index in [0.717, 1.165) is 5.56 Å². The summed E-state index contributed by atoms with van der Waals surface area (Å²) >= 11 is 0. The number of benzene rings is 2. The number of ether oxygens (including phenoxy) is 2. The molecule has 3 rings (SSSR count). The van der Waals surface area contributed by atoms with Gasteiger partial charge in [-0.05, 0) is 53.6 Å². The van der Waals surface area contributed by atoms with Crippen molar-refractivity contribution < 1.29 is 19.4 Å². The number of nitrogens with one attached hydrogen (secondary N) is 1. The predicted molar refractivity (Wildman–Crippen MR) is 107 cm³/mol. The molecule has 6 nitrogen and oxygen atoms in total. The molecule has 0 atom stereocenters. The minimum absolute atomic E-state index is 0.0177. The van der Waals surface area contributed by atoms with E-state index in [9.17, 15) is 9.90 Å². The molecule has 2 N–H and O–H groups in total. The van der Waals surface area contributed by atoms with Crippen LogP contribution in [0.5, 0.6) is 17.2 Å². The highest BCUT2D eigenvalue weighted by molar-refractivity contribution is 6.02. The van der Waals surface area contributed by atoms with Gasteiger partial charge in [-0.2, -0.15) is 0 Å². The molecule has 0 aliphatic rings. The molecule has 28 heavy (non-hydrogen) atoms. The van der Waals surface area contributed by atoms with E-state index in [1.165, 1.54) is 19.3 Å². The third-order valence-corrected chi connectivity index (χ3v) is 3.89. The highest BCUT2D eigenvalue weighted by atomic mass is 16.5. The van der Waals surface area contributed by atoms with Crippen molar-refractivity contribution in [1.29, 1.82) is 0 Å². The Kier molecular flexibility index (Phi) is 6.25. The summed E-state index contributed by atoms with van der Waals surface area (Å²) in [7, 11) is 1.48. The van der Waals surface area contributed by atoms with Crippen LogP contribution >= 0.6 is 0 Å². The average molecular weight is 376 g/mol. The lowest BCUT2D eigenvalue weighted by Crippen LogP contribution is -2.07. The van der Waals surface area contributed by atoms with Gasteiger partial charge < -0.3 is 19.9 Å². The highest BCUT2D eigenvalue weighted by Crippen LogP contribution is 2.26. The lowest BCUT2D eigenvalue weighted by molar-refractivity contribution is -0.111. The zero-order valence-corrected chi connectivity index (χ0v) is 15.3. The zero-order valence-electron chi connectivity index (χ0n) is 15.3. The van der Waals surface area contributed by atoms with Gasteiger partial charge in [0.2, 0.25) is 5.91 Å². The van der Waals surface area contributed by atoms with E-state index in [1.54, 1.807) is 42.7 Å². The molecule has 0 bridgehead atoms. The van der Waals surface area contributed by atoms with Crippen LogP contribution in [-0.2, 0) is 11.4 Å². The van der Waals surface area contributed by atoms with Crippen molar-refractivity contribution in [3.8, 4) is 17.2 Å². The van der Waals surface area contributed by atoms with Crippen LogP contribution in [0.4, 0.5) is 5.69 Å². The lowest BCUT2D eigenvalue weighted by atomic mass is 10.2. The summed E-state index contributed by atoms with van der Waals surface area (Å²) in [5, 5.41) is 12.6. The van der Waals surface area contributed by atoms with E-state index >= 15 is 0 Å². The van der Waals surface area contributed by atoms with Crippen LogP contribution in [0.3, 0.4) is 0 Å². The zero-order chi connectivity index (χ0) is 19.8.